The van der Waals surface area contributed by atoms with Crippen LogP contribution in [0.4, 0.5) is 5.69 Å². The third-order valence-electron chi connectivity index (χ3n) is 3.58. The fourth-order valence-electron chi connectivity index (χ4n) is 2.66. The molecule has 1 aliphatic heterocycles. The number of aromatic nitrogens is 1. The lowest BCUT2D eigenvalue weighted by Gasteiger charge is -2.13. The van der Waals surface area contributed by atoms with E-state index in [9.17, 15) is 4.79 Å². The van der Waals surface area contributed by atoms with Gasteiger partial charge < -0.3 is 14.8 Å². The summed E-state index contributed by atoms with van der Waals surface area (Å²) in [5.41, 5.74) is 2.56. The number of thiazole rings is 1. The number of nitrogens with one attached hydrogen (secondary N) is 1. The van der Waals surface area contributed by atoms with Gasteiger partial charge in [0.2, 0.25) is 5.91 Å². The Bertz CT molecular complexity index is 727. The van der Waals surface area contributed by atoms with Crippen LogP contribution in [0.15, 0.2) is 17.5 Å². The molecule has 5 nitrogen and oxygen atoms in total. The molecule has 0 saturated heterocycles. The van der Waals surface area contributed by atoms with Gasteiger partial charge in [0.1, 0.15) is 17.6 Å². The van der Waals surface area contributed by atoms with E-state index in [1.165, 1.54) is 0 Å². The van der Waals surface area contributed by atoms with Crippen LogP contribution in [-0.2, 0) is 17.6 Å². The van der Waals surface area contributed by atoms with Gasteiger partial charge in [0.15, 0.2) is 0 Å². The molecule has 0 bridgehead atoms. The molecule has 1 aromatic carbocycles. The van der Waals surface area contributed by atoms with E-state index in [0.29, 0.717) is 18.0 Å². The summed E-state index contributed by atoms with van der Waals surface area (Å²) in [4.78, 5) is 16.6. The number of amides is 1. The fraction of sp³-hybridized carbons (Fsp3) is 0.412. The molecule has 0 spiro atoms. The van der Waals surface area contributed by atoms with Crippen molar-refractivity contribution in [3.8, 4) is 11.5 Å². The normalized spacial score (nSPS) is 15.9. The van der Waals surface area contributed by atoms with Gasteiger partial charge in [-0.2, -0.15) is 0 Å². The molecule has 1 aliphatic rings. The molecule has 0 saturated carbocycles. The summed E-state index contributed by atoms with van der Waals surface area (Å²) in [5.74, 6) is 1.40. The quantitative estimate of drug-likeness (QED) is 0.912. The van der Waals surface area contributed by atoms with E-state index in [1.54, 1.807) is 11.3 Å². The van der Waals surface area contributed by atoms with Crippen LogP contribution in [0.1, 0.15) is 30.1 Å². The number of nitrogens with zero attached hydrogens (tertiary/aromatic N) is 1. The van der Waals surface area contributed by atoms with Gasteiger partial charge >= 0.3 is 0 Å². The summed E-state index contributed by atoms with van der Waals surface area (Å²) in [7, 11) is 0. The molecule has 0 aliphatic carbocycles. The molecule has 2 aromatic rings. The van der Waals surface area contributed by atoms with Crippen molar-refractivity contribution in [2.45, 2.75) is 39.7 Å². The van der Waals surface area contributed by atoms with Crippen LogP contribution < -0.4 is 14.8 Å². The Kier molecular flexibility index (Phi) is 4.52. The second-order valence-electron chi connectivity index (χ2n) is 5.60. The Morgan fingerprint density at radius 3 is 3.04 bits per heavy atom. The first-order valence-corrected chi connectivity index (χ1v) is 8.60. The summed E-state index contributed by atoms with van der Waals surface area (Å²) in [6, 6.07) is 3.82. The molecule has 1 N–H and O–H groups in total. The third-order valence-corrected chi connectivity index (χ3v) is 4.40. The number of hydrogen-bond donors (Lipinski definition) is 1. The lowest BCUT2D eigenvalue weighted by molar-refractivity contribution is -0.115. The molecule has 0 radical (unpaired) electrons. The Labute approximate surface area is 139 Å². The SMILES string of the molecule is CCOc1cc2c(cc1NC(=O)Cc1csc(C)n1)OC(C)C2. The first-order chi connectivity index (χ1) is 11.0. The topological polar surface area (TPSA) is 60.5 Å². The Hall–Kier alpha value is -2.08. The van der Waals surface area contributed by atoms with Gasteiger partial charge in [-0.1, -0.05) is 0 Å². The highest BCUT2D eigenvalue weighted by atomic mass is 32.1. The van der Waals surface area contributed by atoms with Crippen LogP contribution in [0.5, 0.6) is 11.5 Å². The lowest BCUT2D eigenvalue weighted by Crippen LogP contribution is -2.15. The lowest BCUT2D eigenvalue weighted by atomic mass is 10.1. The molecule has 3 rings (SSSR count). The highest BCUT2D eigenvalue weighted by Gasteiger charge is 2.22. The summed E-state index contributed by atoms with van der Waals surface area (Å²) < 4.78 is 11.4. The van der Waals surface area contributed by atoms with Crippen LogP contribution in [0.25, 0.3) is 0 Å². The number of carbonyl (C=O) groups is 1. The van der Waals surface area contributed by atoms with Crippen molar-refractivity contribution in [1.29, 1.82) is 0 Å². The van der Waals surface area contributed by atoms with Crippen molar-refractivity contribution < 1.29 is 14.3 Å². The molecular formula is C17H20N2O3S. The molecule has 1 amide bonds. The number of carbonyl (C=O) groups excluding carboxylic acids is 1. The van der Waals surface area contributed by atoms with Gasteiger partial charge in [-0.05, 0) is 26.8 Å². The fourth-order valence-corrected chi connectivity index (χ4v) is 3.27. The highest BCUT2D eigenvalue weighted by Crippen LogP contribution is 2.38. The van der Waals surface area contributed by atoms with Crippen molar-refractivity contribution in [1.82, 2.24) is 4.98 Å². The first-order valence-electron chi connectivity index (χ1n) is 7.72. The van der Waals surface area contributed by atoms with Crippen molar-refractivity contribution in [2.75, 3.05) is 11.9 Å². The minimum Gasteiger partial charge on any atom is -0.492 e. The number of benzene rings is 1. The van der Waals surface area contributed by atoms with Gasteiger partial charge in [0, 0.05) is 23.4 Å². The summed E-state index contributed by atoms with van der Waals surface area (Å²) in [6.45, 7) is 6.43. The summed E-state index contributed by atoms with van der Waals surface area (Å²) >= 11 is 1.54. The van der Waals surface area contributed by atoms with Crippen LogP contribution in [0, 0.1) is 6.92 Å². The molecule has 0 fully saturated rings. The van der Waals surface area contributed by atoms with Crippen LogP contribution in [-0.4, -0.2) is 23.6 Å². The average Bonchev–Trinajstić information content (AvgIpc) is 3.04. The smallest absolute Gasteiger partial charge is 0.230 e. The number of ether oxygens (including phenoxy) is 2. The van der Waals surface area contributed by atoms with Crippen molar-refractivity contribution in [2.24, 2.45) is 0 Å². The Morgan fingerprint density at radius 2 is 2.35 bits per heavy atom. The average molecular weight is 332 g/mol. The van der Waals surface area contributed by atoms with Gasteiger partial charge in [-0.3, -0.25) is 4.79 Å². The van der Waals surface area contributed by atoms with Gasteiger partial charge in [0.25, 0.3) is 0 Å². The zero-order valence-corrected chi connectivity index (χ0v) is 14.3. The van der Waals surface area contributed by atoms with E-state index in [2.05, 4.69) is 10.3 Å². The second kappa shape index (κ2) is 6.58. The number of aryl methyl sites for hydroxylation is 1. The molecule has 1 aromatic heterocycles. The molecule has 1 atom stereocenters. The summed E-state index contributed by atoms with van der Waals surface area (Å²) in [6.07, 6.45) is 1.27. The second-order valence-corrected chi connectivity index (χ2v) is 6.67. The predicted octanol–water partition coefficient (Wildman–Crippen LogP) is 3.35. The predicted molar refractivity (Wildman–Crippen MR) is 90.6 cm³/mol. The van der Waals surface area contributed by atoms with E-state index in [1.807, 2.05) is 38.3 Å². The summed E-state index contributed by atoms with van der Waals surface area (Å²) in [5, 5.41) is 5.79. The van der Waals surface area contributed by atoms with E-state index in [0.717, 1.165) is 28.4 Å². The maximum Gasteiger partial charge on any atom is 0.230 e. The monoisotopic (exact) mass is 332 g/mol. The molecule has 2 heterocycles. The van der Waals surface area contributed by atoms with Gasteiger partial charge in [-0.25, -0.2) is 4.98 Å². The number of anilines is 1. The molecule has 6 heteroatoms. The number of hydrogen-bond acceptors (Lipinski definition) is 5. The zero-order valence-electron chi connectivity index (χ0n) is 13.5. The number of rotatable bonds is 5. The minimum atomic E-state index is -0.109. The van der Waals surface area contributed by atoms with Crippen molar-refractivity contribution in [3.63, 3.8) is 0 Å². The third kappa shape index (κ3) is 3.64. The number of fused-ring (bicyclic) bond motifs is 1. The van der Waals surface area contributed by atoms with E-state index < -0.39 is 0 Å². The molecule has 23 heavy (non-hydrogen) atoms. The van der Waals surface area contributed by atoms with E-state index in [4.69, 9.17) is 9.47 Å². The highest BCUT2D eigenvalue weighted by molar-refractivity contribution is 7.09. The molecule has 1 unspecified atom stereocenters. The minimum absolute atomic E-state index is 0.109. The van der Waals surface area contributed by atoms with Crippen LogP contribution >= 0.6 is 11.3 Å². The van der Waals surface area contributed by atoms with Gasteiger partial charge in [-0.15, -0.1) is 11.3 Å². The maximum atomic E-state index is 12.3. The molecular weight excluding hydrogens is 312 g/mol. The van der Waals surface area contributed by atoms with Crippen LogP contribution in [0.3, 0.4) is 0 Å². The van der Waals surface area contributed by atoms with Crippen molar-refractivity contribution in [3.05, 3.63) is 33.8 Å². The standard InChI is InChI=1S/C17H20N2O3S/c1-4-21-16-6-12-5-10(2)22-15(12)8-14(16)19-17(20)7-13-9-23-11(3)18-13/h6,8-10H,4-5,7H2,1-3H3,(H,19,20). The van der Waals surface area contributed by atoms with E-state index in [-0.39, 0.29) is 18.4 Å². The van der Waals surface area contributed by atoms with Gasteiger partial charge in [0.05, 0.1) is 29.4 Å². The Balaban J connectivity index is 1.78. The first kappa shape index (κ1) is 15.8. The zero-order chi connectivity index (χ0) is 16.4. The maximum absolute atomic E-state index is 12.3. The van der Waals surface area contributed by atoms with Crippen LogP contribution in [0.2, 0.25) is 0 Å². The van der Waals surface area contributed by atoms with Crippen molar-refractivity contribution >= 4 is 22.9 Å². The molecule has 122 valence electrons. The largest absolute Gasteiger partial charge is 0.492 e. The Morgan fingerprint density at radius 1 is 1.52 bits per heavy atom. The van der Waals surface area contributed by atoms with E-state index >= 15 is 0 Å².